The van der Waals surface area contributed by atoms with Crippen molar-refractivity contribution < 1.29 is 14.3 Å². The standard InChI is InChI=1S/C24H26ClN3O3/c1-30-19-7-8-20-22(17-19)31-16-15-28(24(20)29)12-3-2-11-27-13-9-18(10-14-27)21-5-4-6-23(25)26-21/h4-9,15-17H,2-3,10-14H2,1H3. The fourth-order valence-electron chi connectivity index (χ4n) is 3.83. The van der Waals surface area contributed by atoms with Crippen LogP contribution < -0.4 is 9.47 Å². The first-order chi connectivity index (χ1) is 15.1. The van der Waals surface area contributed by atoms with E-state index in [-0.39, 0.29) is 5.91 Å². The molecule has 0 N–H and O–H groups in total. The molecule has 1 amide bonds. The number of pyridine rings is 1. The molecule has 2 aromatic rings. The van der Waals surface area contributed by atoms with Gasteiger partial charge in [-0.25, -0.2) is 4.98 Å². The number of carbonyl (C=O) groups excluding carboxylic acids is 1. The summed E-state index contributed by atoms with van der Waals surface area (Å²) < 4.78 is 10.8. The third kappa shape index (κ3) is 5.27. The van der Waals surface area contributed by atoms with Gasteiger partial charge < -0.3 is 14.4 Å². The Labute approximate surface area is 187 Å². The van der Waals surface area contributed by atoms with Gasteiger partial charge >= 0.3 is 0 Å². The minimum atomic E-state index is -0.0500. The fraction of sp³-hybridized carbons (Fsp3) is 0.333. The lowest BCUT2D eigenvalue weighted by atomic mass is 10.0. The first kappa shape index (κ1) is 21.4. The molecule has 7 heteroatoms. The van der Waals surface area contributed by atoms with Crippen molar-refractivity contribution in [2.45, 2.75) is 19.3 Å². The van der Waals surface area contributed by atoms with Crippen LogP contribution in [0.15, 0.2) is 54.9 Å². The van der Waals surface area contributed by atoms with Crippen LogP contribution in [0.3, 0.4) is 0 Å². The Balaban J connectivity index is 1.25. The molecule has 2 aliphatic heterocycles. The third-order valence-corrected chi connectivity index (χ3v) is 5.79. The zero-order valence-corrected chi connectivity index (χ0v) is 18.3. The molecule has 0 saturated carbocycles. The van der Waals surface area contributed by atoms with Gasteiger partial charge in [-0.05, 0) is 55.6 Å². The van der Waals surface area contributed by atoms with Crippen molar-refractivity contribution in [2.75, 3.05) is 33.3 Å². The summed E-state index contributed by atoms with van der Waals surface area (Å²) in [6, 6.07) is 11.0. The van der Waals surface area contributed by atoms with Gasteiger partial charge in [0.2, 0.25) is 0 Å². The summed E-state index contributed by atoms with van der Waals surface area (Å²) in [5, 5.41) is 0.532. The molecule has 31 heavy (non-hydrogen) atoms. The highest BCUT2D eigenvalue weighted by molar-refractivity contribution is 6.29. The zero-order valence-electron chi connectivity index (χ0n) is 17.6. The molecule has 0 radical (unpaired) electrons. The summed E-state index contributed by atoms with van der Waals surface area (Å²) >= 11 is 6.01. The summed E-state index contributed by atoms with van der Waals surface area (Å²) in [7, 11) is 1.59. The number of ether oxygens (including phenoxy) is 2. The van der Waals surface area contributed by atoms with Gasteiger partial charge in [0.15, 0.2) is 0 Å². The van der Waals surface area contributed by atoms with Gasteiger partial charge in [0.05, 0.1) is 18.4 Å². The number of methoxy groups -OCH3 is 1. The second kappa shape index (κ2) is 9.98. The molecule has 0 atom stereocenters. The molecule has 162 valence electrons. The van der Waals surface area contributed by atoms with Crippen LogP contribution in [-0.2, 0) is 0 Å². The van der Waals surface area contributed by atoms with E-state index in [1.807, 2.05) is 12.1 Å². The lowest BCUT2D eigenvalue weighted by molar-refractivity contribution is 0.0820. The van der Waals surface area contributed by atoms with Crippen molar-refractivity contribution in [3.05, 3.63) is 71.3 Å². The Hall–Kier alpha value is -2.83. The van der Waals surface area contributed by atoms with Crippen LogP contribution in [0, 0.1) is 0 Å². The van der Waals surface area contributed by atoms with Crippen LogP contribution in [0.25, 0.3) is 5.57 Å². The topological polar surface area (TPSA) is 54.9 Å². The highest BCUT2D eigenvalue weighted by Gasteiger charge is 2.21. The number of amides is 1. The first-order valence-electron chi connectivity index (χ1n) is 10.5. The van der Waals surface area contributed by atoms with Crippen LogP contribution in [-0.4, -0.2) is 54.0 Å². The Morgan fingerprint density at radius 3 is 2.84 bits per heavy atom. The van der Waals surface area contributed by atoms with Gasteiger partial charge in [-0.1, -0.05) is 23.7 Å². The van der Waals surface area contributed by atoms with E-state index in [0.717, 1.165) is 44.6 Å². The quantitative estimate of drug-likeness (QED) is 0.465. The number of hydrogen-bond donors (Lipinski definition) is 0. The maximum atomic E-state index is 12.8. The summed E-state index contributed by atoms with van der Waals surface area (Å²) in [6.07, 6.45) is 8.42. The molecular formula is C24H26ClN3O3. The van der Waals surface area contributed by atoms with Crippen molar-refractivity contribution in [2.24, 2.45) is 0 Å². The Bertz CT molecular complexity index is 1010. The van der Waals surface area contributed by atoms with Crippen LogP contribution in [0.5, 0.6) is 11.5 Å². The minimum Gasteiger partial charge on any atom is -0.497 e. The summed E-state index contributed by atoms with van der Waals surface area (Å²) in [5.41, 5.74) is 2.78. The number of fused-ring (bicyclic) bond motifs is 1. The number of rotatable bonds is 7. The third-order valence-electron chi connectivity index (χ3n) is 5.58. The molecule has 4 rings (SSSR count). The monoisotopic (exact) mass is 439 g/mol. The van der Waals surface area contributed by atoms with Gasteiger partial charge in [0.25, 0.3) is 5.91 Å². The van der Waals surface area contributed by atoms with Crippen molar-refractivity contribution >= 4 is 23.1 Å². The van der Waals surface area contributed by atoms with E-state index in [0.29, 0.717) is 28.8 Å². The number of hydrogen-bond acceptors (Lipinski definition) is 5. The number of benzene rings is 1. The molecular weight excluding hydrogens is 414 g/mol. The fourth-order valence-corrected chi connectivity index (χ4v) is 3.99. The molecule has 0 aliphatic carbocycles. The molecule has 0 fully saturated rings. The average Bonchev–Trinajstić information content (AvgIpc) is 2.95. The van der Waals surface area contributed by atoms with E-state index in [1.165, 1.54) is 5.57 Å². The van der Waals surface area contributed by atoms with Gasteiger partial charge in [0.1, 0.15) is 22.9 Å². The predicted octanol–water partition coefficient (Wildman–Crippen LogP) is 4.62. The highest BCUT2D eigenvalue weighted by atomic mass is 35.5. The van der Waals surface area contributed by atoms with Gasteiger partial charge in [-0.3, -0.25) is 9.69 Å². The lowest BCUT2D eigenvalue weighted by Gasteiger charge is -2.26. The van der Waals surface area contributed by atoms with Crippen LogP contribution in [0.2, 0.25) is 5.15 Å². The van der Waals surface area contributed by atoms with E-state index in [4.69, 9.17) is 21.1 Å². The second-order valence-corrected chi connectivity index (χ2v) is 7.98. The van der Waals surface area contributed by atoms with Crippen LogP contribution in [0.4, 0.5) is 0 Å². The minimum absolute atomic E-state index is 0.0500. The van der Waals surface area contributed by atoms with Gasteiger partial charge in [-0.2, -0.15) is 0 Å². The first-order valence-corrected chi connectivity index (χ1v) is 10.9. The molecule has 2 aliphatic rings. The Morgan fingerprint density at radius 2 is 2.06 bits per heavy atom. The smallest absolute Gasteiger partial charge is 0.261 e. The molecule has 6 nitrogen and oxygen atoms in total. The molecule has 0 saturated heterocycles. The van der Waals surface area contributed by atoms with Crippen LogP contribution in [0.1, 0.15) is 35.3 Å². The Morgan fingerprint density at radius 1 is 1.19 bits per heavy atom. The van der Waals surface area contributed by atoms with E-state index in [1.54, 1.807) is 48.7 Å². The van der Waals surface area contributed by atoms with Crippen molar-refractivity contribution in [1.82, 2.24) is 14.8 Å². The number of carbonyl (C=O) groups is 1. The van der Waals surface area contributed by atoms with Crippen molar-refractivity contribution in [3.8, 4) is 11.5 Å². The molecule has 0 spiro atoms. The van der Waals surface area contributed by atoms with Crippen molar-refractivity contribution in [3.63, 3.8) is 0 Å². The second-order valence-electron chi connectivity index (χ2n) is 7.60. The number of unbranched alkanes of at least 4 members (excludes halogenated alkanes) is 1. The van der Waals surface area contributed by atoms with E-state index >= 15 is 0 Å². The van der Waals surface area contributed by atoms with Gasteiger partial charge in [-0.15, -0.1) is 0 Å². The predicted molar refractivity (Wildman–Crippen MR) is 121 cm³/mol. The maximum absolute atomic E-state index is 12.8. The highest BCUT2D eigenvalue weighted by Crippen LogP contribution is 2.28. The maximum Gasteiger partial charge on any atom is 0.261 e. The lowest BCUT2D eigenvalue weighted by Crippen LogP contribution is -2.31. The zero-order chi connectivity index (χ0) is 21.6. The molecule has 0 unspecified atom stereocenters. The van der Waals surface area contributed by atoms with Crippen LogP contribution >= 0.6 is 11.6 Å². The summed E-state index contributed by atoms with van der Waals surface area (Å²) in [6.45, 7) is 3.58. The number of aromatic nitrogens is 1. The number of halogens is 1. The van der Waals surface area contributed by atoms with Crippen molar-refractivity contribution in [1.29, 1.82) is 0 Å². The summed E-state index contributed by atoms with van der Waals surface area (Å²) in [5.74, 6) is 1.14. The molecule has 1 aromatic carbocycles. The largest absolute Gasteiger partial charge is 0.497 e. The average molecular weight is 440 g/mol. The molecule has 3 heterocycles. The SMILES string of the molecule is COc1ccc2c(c1)OC=CN(CCCCN1CC=C(c3cccc(Cl)n3)CC1)C2=O. The van der Waals surface area contributed by atoms with E-state index < -0.39 is 0 Å². The Kier molecular flexibility index (Phi) is 6.89. The summed E-state index contributed by atoms with van der Waals surface area (Å²) in [4.78, 5) is 21.4. The molecule has 1 aromatic heterocycles. The number of nitrogens with zero attached hydrogens (tertiary/aromatic N) is 3. The van der Waals surface area contributed by atoms with E-state index in [2.05, 4.69) is 16.0 Å². The van der Waals surface area contributed by atoms with E-state index in [9.17, 15) is 4.79 Å². The molecule has 0 bridgehead atoms. The van der Waals surface area contributed by atoms with Gasteiger partial charge in [0, 0.05) is 31.9 Å². The normalized spacial score (nSPS) is 16.4.